The SMILES string of the molecule is CC(O)CCCNC(=O)/C=C/c1ccc(C2CC2C)o1. The highest BCUT2D eigenvalue weighted by Crippen LogP contribution is 2.47. The van der Waals surface area contributed by atoms with Crippen LogP contribution in [0.2, 0.25) is 0 Å². The van der Waals surface area contributed by atoms with E-state index in [4.69, 9.17) is 9.52 Å². The van der Waals surface area contributed by atoms with Gasteiger partial charge in [-0.1, -0.05) is 6.92 Å². The summed E-state index contributed by atoms with van der Waals surface area (Å²) in [5.41, 5.74) is 0. The largest absolute Gasteiger partial charge is 0.461 e. The Balaban J connectivity index is 1.71. The molecule has 0 spiro atoms. The van der Waals surface area contributed by atoms with Gasteiger partial charge in [-0.25, -0.2) is 0 Å². The summed E-state index contributed by atoms with van der Waals surface area (Å²) in [5, 5.41) is 11.9. The maximum atomic E-state index is 11.6. The van der Waals surface area contributed by atoms with Crippen LogP contribution in [0.4, 0.5) is 0 Å². The molecule has 2 N–H and O–H groups in total. The first kappa shape index (κ1) is 14.9. The molecule has 3 unspecified atom stereocenters. The summed E-state index contributed by atoms with van der Waals surface area (Å²) in [6.07, 6.45) is 5.54. The predicted octanol–water partition coefficient (Wildman–Crippen LogP) is 2.69. The van der Waals surface area contributed by atoms with Gasteiger partial charge in [-0.3, -0.25) is 4.79 Å². The third-order valence-corrected chi connectivity index (χ3v) is 3.62. The molecule has 0 saturated heterocycles. The summed E-state index contributed by atoms with van der Waals surface area (Å²) < 4.78 is 5.69. The molecule has 1 amide bonds. The number of furan rings is 1. The number of aliphatic hydroxyl groups excluding tert-OH is 1. The highest BCUT2D eigenvalue weighted by Gasteiger charge is 2.36. The van der Waals surface area contributed by atoms with Crippen molar-refractivity contribution in [2.24, 2.45) is 5.92 Å². The molecule has 1 aliphatic rings. The summed E-state index contributed by atoms with van der Waals surface area (Å²) in [7, 11) is 0. The lowest BCUT2D eigenvalue weighted by atomic mass is 10.2. The number of hydrogen-bond donors (Lipinski definition) is 2. The Kier molecular flexibility index (Phi) is 5.01. The first-order chi connectivity index (χ1) is 9.56. The van der Waals surface area contributed by atoms with E-state index < -0.39 is 0 Å². The quantitative estimate of drug-likeness (QED) is 0.595. The third kappa shape index (κ3) is 4.53. The number of nitrogens with one attached hydrogen (secondary N) is 1. The number of aliphatic hydroxyl groups is 1. The number of rotatable bonds is 7. The monoisotopic (exact) mass is 277 g/mol. The Morgan fingerprint density at radius 2 is 2.35 bits per heavy atom. The van der Waals surface area contributed by atoms with Crippen LogP contribution in [0.25, 0.3) is 6.08 Å². The van der Waals surface area contributed by atoms with Crippen molar-refractivity contribution in [3.8, 4) is 0 Å². The van der Waals surface area contributed by atoms with Gasteiger partial charge in [0.25, 0.3) is 0 Å². The number of amides is 1. The minimum absolute atomic E-state index is 0.131. The molecular formula is C16H23NO3. The van der Waals surface area contributed by atoms with E-state index in [1.807, 2.05) is 12.1 Å². The molecule has 4 heteroatoms. The predicted molar refractivity (Wildman–Crippen MR) is 78.2 cm³/mol. The van der Waals surface area contributed by atoms with E-state index in [0.29, 0.717) is 18.9 Å². The van der Waals surface area contributed by atoms with Crippen LogP contribution in [-0.2, 0) is 4.79 Å². The minimum Gasteiger partial charge on any atom is -0.461 e. The fraction of sp³-hybridized carbons (Fsp3) is 0.562. The molecule has 4 nitrogen and oxygen atoms in total. The van der Waals surface area contributed by atoms with E-state index in [0.717, 1.165) is 23.9 Å². The van der Waals surface area contributed by atoms with Gasteiger partial charge in [-0.15, -0.1) is 0 Å². The van der Waals surface area contributed by atoms with Gasteiger partial charge in [0.15, 0.2) is 0 Å². The van der Waals surface area contributed by atoms with E-state index in [9.17, 15) is 4.79 Å². The van der Waals surface area contributed by atoms with Gasteiger partial charge < -0.3 is 14.8 Å². The van der Waals surface area contributed by atoms with E-state index in [2.05, 4.69) is 12.2 Å². The second kappa shape index (κ2) is 6.75. The maximum absolute atomic E-state index is 11.6. The highest BCUT2D eigenvalue weighted by molar-refractivity contribution is 5.91. The second-order valence-electron chi connectivity index (χ2n) is 5.68. The normalized spacial score (nSPS) is 22.9. The first-order valence-corrected chi connectivity index (χ1v) is 7.30. The molecule has 1 fully saturated rings. The van der Waals surface area contributed by atoms with Crippen LogP contribution >= 0.6 is 0 Å². The van der Waals surface area contributed by atoms with Gasteiger partial charge in [-0.05, 0) is 50.3 Å². The zero-order chi connectivity index (χ0) is 14.5. The molecule has 110 valence electrons. The third-order valence-electron chi connectivity index (χ3n) is 3.62. The Hall–Kier alpha value is -1.55. The molecule has 2 rings (SSSR count). The van der Waals surface area contributed by atoms with Crippen molar-refractivity contribution in [1.82, 2.24) is 5.32 Å². The van der Waals surface area contributed by atoms with Gasteiger partial charge >= 0.3 is 0 Å². The lowest BCUT2D eigenvalue weighted by molar-refractivity contribution is -0.116. The molecule has 1 aromatic rings. The lowest BCUT2D eigenvalue weighted by Crippen LogP contribution is -2.22. The summed E-state index contributed by atoms with van der Waals surface area (Å²) in [5.74, 6) is 2.89. The van der Waals surface area contributed by atoms with Crippen LogP contribution in [0.3, 0.4) is 0 Å². The van der Waals surface area contributed by atoms with Gasteiger partial charge in [0.1, 0.15) is 11.5 Å². The number of carbonyl (C=O) groups excluding carboxylic acids is 1. The summed E-state index contributed by atoms with van der Waals surface area (Å²) in [6.45, 7) is 4.54. The molecule has 20 heavy (non-hydrogen) atoms. The van der Waals surface area contributed by atoms with E-state index >= 15 is 0 Å². The summed E-state index contributed by atoms with van der Waals surface area (Å²) in [4.78, 5) is 11.6. The Labute approximate surface area is 119 Å². The van der Waals surface area contributed by atoms with Gasteiger partial charge in [-0.2, -0.15) is 0 Å². The second-order valence-corrected chi connectivity index (χ2v) is 5.68. The number of carbonyl (C=O) groups is 1. The van der Waals surface area contributed by atoms with E-state index in [-0.39, 0.29) is 12.0 Å². The van der Waals surface area contributed by atoms with Crippen LogP contribution in [0.1, 0.15) is 50.5 Å². The standard InChI is InChI=1S/C16H23NO3/c1-11-10-14(11)15-7-5-13(20-15)6-8-16(19)17-9-3-4-12(2)18/h5-8,11-12,14,18H,3-4,9-10H2,1-2H3,(H,17,19)/b8-6+. The molecule has 1 aliphatic carbocycles. The van der Waals surface area contributed by atoms with Crippen molar-refractivity contribution in [1.29, 1.82) is 0 Å². The molecule has 0 radical (unpaired) electrons. The zero-order valence-electron chi connectivity index (χ0n) is 12.1. The Bertz CT molecular complexity index is 476. The van der Waals surface area contributed by atoms with Crippen molar-refractivity contribution in [3.05, 3.63) is 29.7 Å². The van der Waals surface area contributed by atoms with Crippen molar-refractivity contribution >= 4 is 12.0 Å². The fourth-order valence-corrected chi connectivity index (χ4v) is 2.20. The van der Waals surface area contributed by atoms with Gasteiger partial charge in [0.2, 0.25) is 5.91 Å². The topological polar surface area (TPSA) is 62.5 Å². The number of hydrogen-bond acceptors (Lipinski definition) is 3. The average molecular weight is 277 g/mol. The van der Waals surface area contributed by atoms with Crippen molar-refractivity contribution in [3.63, 3.8) is 0 Å². The van der Waals surface area contributed by atoms with E-state index in [1.165, 1.54) is 12.5 Å². The summed E-state index contributed by atoms with van der Waals surface area (Å²) >= 11 is 0. The molecule has 1 heterocycles. The van der Waals surface area contributed by atoms with Gasteiger partial charge in [0.05, 0.1) is 6.10 Å². The summed E-state index contributed by atoms with van der Waals surface area (Å²) in [6, 6.07) is 3.89. The van der Waals surface area contributed by atoms with Crippen LogP contribution < -0.4 is 5.32 Å². The lowest BCUT2D eigenvalue weighted by Gasteiger charge is -2.03. The molecule has 1 aromatic heterocycles. The molecule has 3 atom stereocenters. The Morgan fingerprint density at radius 3 is 3.00 bits per heavy atom. The maximum Gasteiger partial charge on any atom is 0.244 e. The average Bonchev–Trinajstić information content (AvgIpc) is 2.95. The Morgan fingerprint density at radius 1 is 1.60 bits per heavy atom. The molecule has 0 bridgehead atoms. The zero-order valence-corrected chi connectivity index (χ0v) is 12.1. The smallest absolute Gasteiger partial charge is 0.244 e. The first-order valence-electron chi connectivity index (χ1n) is 7.30. The van der Waals surface area contributed by atoms with Crippen LogP contribution in [-0.4, -0.2) is 23.7 Å². The van der Waals surface area contributed by atoms with E-state index in [1.54, 1.807) is 13.0 Å². The van der Waals surface area contributed by atoms with Crippen molar-refractivity contribution in [2.75, 3.05) is 6.54 Å². The highest BCUT2D eigenvalue weighted by atomic mass is 16.3. The van der Waals surface area contributed by atoms with Crippen molar-refractivity contribution in [2.45, 2.75) is 45.1 Å². The van der Waals surface area contributed by atoms with Crippen LogP contribution in [0, 0.1) is 5.92 Å². The molecule has 0 aliphatic heterocycles. The minimum atomic E-state index is -0.311. The van der Waals surface area contributed by atoms with Crippen LogP contribution in [0.5, 0.6) is 0 Å². The fourth-order valence-electron chi connectivity index (χ4n) is 2.20. The van der Waals surface area contributed by atoms with Gasteiger partial charge in [0, 0.05) is 18.5 Å². The van der Waals surface area contributed by atoms with Crippen LogP contribution in [0.15, 0.2) is 22.6 Å². The molecule has 0 aromatic carbocycles. The molecular weight excluding hydrogens is 254 g/mol. The molecule has 1 saturated carbocycles. The van der Waals surface area contributed by atoms with Crippen molar-refractivity contribution < 1.29 is 14.3 Å².